The normalized spacial score (nSPS) is 20.0. The van der Waals surface area contributed by atoms with E-state index in [0.717, 1.165) is 25.7 Å². The van der Waals surface area contributed by atoms with Gasteiger partial charge in [0.05, 0.1) is 12.0 Å². The molecule has 1 fully saturated rings. The van der Waals surface area contributed by atoms with E-state index in [1.165, 1.54) is 32.1 Å². The van der Waals surface area contributed by atoms with Crippen LogP contribution < -0.4 is 5.32 Å². The fourth-order valence-electron chi connectivity index (χ4n) is 3.42. The molecule has 0 saturated heterocycles. The highest BCUT2D eigenvalue weighted by Crippen LogP contribution is 2.36. The van der Waals surface area contributed by atoms with Crippen molar-refractivity contribution in [2.24, 2.45) is 5.41 Å². The summed E-state index contributed by atoms with van der Waals surface area (Å²) in [6.07, 6.45) is 11.4. The first kappa shape index (κ1) is 19.9. The summed E-state index contributed by atoms with van der Waals surface area (Å²) < 4.78 is 4.92. The number of nitrogens with one attached hydrogen (secondary N) is 1. The van der Waals surface area contributed by atoms with E-state index in [0.29, 0.717) is 26.0 Å². The van der Waals surface area contributed by atoms with Gasteiger partial charge in [-0.1, -0.05) is 57.8 Å². The topological polar surface area (TPSA) is 75.6 Å². The summed E-state index contributed by atoms with van der Waals surface area (Å²) in [4.78, 5) is 24.1. The highest BCUT2D eigenvalue weighted by atomic mass is 16.5. The standard InChI is InChI=1S/C18H33NO4/c1-23-14-13-19-16(20)15-18(17(21)22)11-9-7-5-3-2-4-6-8-10-12-18/h2-15H2,1H3,(H,19,20)(H,21,22). The third-order valence-corrected chi connectivity index (χ3v) is 4.89. The van der Waals surface area contributed by atoms with Crippen molar-refractivity contribution in [1.29, 1.82) is 0 Å². The maximum atomic E-state index is 12.1. The maximum absolute atomic E-state index is 12.1. The highest BCUT2D eigenvalue weighted by molar-refractivity contribution is 5.84. The minimum atomic E-state index is -0.893. The number of aliphatic carboxylic acids is 1. The van der Waals surface area contributed by atoms with Crippen LogP contribution >= 0.6 is 0 Å². The Balaban J connectivity index is 2.66. The minimum absolute atomic E-state index is 0.0893. The van der Waals surface area contributed by atoms with E-state index in [-0.39, 0.29) is 12.3 Å². The van der Waals surface area contributed by atoms with Crippen molar-refractivity contribution >= 4 is 11.9 Å². The van der Waals surface area contributed by atoms with Gasteiger partial charge < -0.3 is 15.2 Å². The van der Waals surface area contributed by atoms with Crippen molar-refractivity contribution in [3.8, 4) is 0 Å². The highest BCUT2D eigenvalue weighted by Gasteiger charge is 2.39. The molecule has 0 unspecified atom stereocenters. The van der Waals surface area contributed by atoms with Crippen molar-refractivity contribution < 1.29 is 19.4 Å². The van der Waals surface area contributed by atoms with Gasteiger partial charge in [-0.2, -0.15) is 0 Å². The van der Waals surface area contributed by atoms with Crippen LogP contribution in [0.3, 0.4) is 0 Å². The molecule has 1 amide bonds. The average molecular weight is 327 g/mol. The third kappa shape index (κ3) is 7.82. The maximum Gasteiger partial charge on any atom is 0.310 e. The van der Waals surface area contributed by atoms with Crippen LogP contribution in [0.25, 0.3) is 0 Å². The van der Waals surface area contributed by atoms with Crippen molar-refractivity contribution in [3.05, 3.63) is 0 Å². The van der Waals surface area contributed by atoms with Crippen LogP contribution in [-0.4, -0.2) is 37.2 Å². The quantitative estimate of drug-likeness (QED) is 0.732. The Morgan fingerprint density at radius 2 is 1.43 bits per heavy atom. The predicted octanol–water partition coefficient (Wildman–Crippen LogP) is 3.51. The van der Waals surface area contributed by atoms with E-state index in [1.807, 2.05) is 0 Å². The van der Waals surface area contributed by atoms with Gasteiger partial charge in [-0.15, -0.1) is 0 Å². The first-order valence-corrected chi connectivity index (χ1v) is 9.10. The molecule has 0 aromatic heterocycles. The summed E-state index contributed by atoms with van der Waals surface area (Å²) >= 11 is 0. The average Bonchev–Trinajstić information content (AvgIpc) is 2.50. The molecule has 2 N–H and O–H groups in total. The Kier molecular flexibility index (Phi) is 9.92. The van der Waals surface area contributed by atoms with Gasteiger partial charge in [0.2, 0.25) is 5.91 Å². The molecule has 134 valence electrons. The lowest BCUT2D eigenvalue weighted by Gasteiger charge is -2.29. The van der Waals surface area contributed by atoms with Crippen molar-refractivity contribution in [3.63, 3.8) is 0 Å². The second kappa shape index (κ2) is 11.4. The molecule has 0 aliphatic heterocycles. The largest absolute Gasteiger partial charge is 0.481 e. The molecule has 0 bridgehead atoms. The van der Waals surface area contributed by atoms with Gasteiger partial charge in [-0.05, 0) is 12.8 Å². The van der Waals surface area contributed by atoms with Crippen LogP contribution in [0.1, 0.15) is 77.0 Å². The number of carbonyl (C=O) groups excluding carboxylic acids is 1. The molecule has 1 aliphatic carbocycles. The van der Waals surface area contributed by atoms with Crippen LogP contribution in [0.5, 0.6) is 0 Å². The number of amides is 1. The van der Waals surface area contributed by atoms with Crippen LogP contribution in [0, 0.1) is 5.41 Å². The summed E-state index contributed by atoms with van der Waals surface area (Å²) in [5, 5.41) is 12.6. The summed E-state index contributed by atoms with van der Waals surface area (Å²) in [5.74, 6) is -0.979. The molecule has 0 aromatic rings. The molecule has 1 aliphatic rings. The number of carbonyl (C=O) groups is 2. The van der Waals surface area contributed by atoms with E-state index in [1.54, 1.807) is 7.11 Å². The van der Waals surface area contributed by atoms with Crippen molar-refractivity contribution in [1.82, 2.24) is 5.32 Å². The summed E-state index contributed by atoms with van der Waals surface area (Å²) in [7, 11) is 1.58. The van der Waals surface area contributed by atoms with Gasteiger partial charge in [0, 0.05) is 20.1 Å². The van der Waals surface area contributed by atoms with E-state index >= 15 is 0 Å². The van der Waals surface area contributed by atoms with E-state index in [2.05, 4.69) is 5.32 Å². The number of hydrogen-bond acceptors (Lipinski definition) is 3. The number of methoxy groups -OCH3 is 1. The predicted molar refractivity (Wildman–Crippen MR) is 90.4 cm³/mol. The third-order valence-electron chi connectivity index (χ3n) is 4.89. The number of carboxylic acid groups (broad SMARTS) is 1. The molecular weight excluding hydrogens is 294 g/mol. The van der Waals surface area contributed by atoms with Crippen molar-refractivity contribution in [2.75, 3.05) is 20.3 Å². The fourth-order valence-corrected chi connectivity index (χ4v) is 3.42. The SMILES string of the molecule is COCCNC(=O)CC1(C(=O)O)CCCCCCCCCCC1. The Hall–Kier alpha value is -1.10. The summed E-state index contributed by atoms with van der Waals surface area (Å²) in [5.41, 5.74) is -0.893. The first-order chi connectivity index (χ1) is 11.1. The van der Waals surface area contributed by atoms with Crippen LogP contribution in [0.2, 0.25) is 0 Å². The van der Waals surface area contributed by atoms with Crippen LogP contribution in [0.4, 0.5) is 0 Å². The first-order valence-electron chi connectivity index (χ1n) is 9.10. The van der Waals surface area contributed by atoms with Gasteiger partial charge in [0.15, 0.2) is 0 Å². The molecule has 0 atom stereocenters. The summed E-state index contributed by atoms with van der Waals surface area (Å²) in [6, 6.07) is 0. The fraction of sp³-hybridized carbons (Fsp3) is 0.889. The van der Waals surface area contributed by atoms with Gasteiger partial charge in [-0.25, -0.2) is 0 Å². The number of rotatable bonds is 6. The van der Waals surface area contributed by atoms with Gasteiger partial charge in [-0.3, -0.25) is 9.59 Å². The molecule has 1 saturated carbocycles. The van der Waals surface area contributed by atoms with Crippen LogP contribution in [0.15, 0.2) is 0 Å². The lowest BCUT2D eigenvalue weighted by atomic mass is 9.74. The lowest BCUT2D eigenvalue weighted by Crippen LogP contribution is -2.38. The zero-order valence-electron chi connectivity index (χ0n) is 14.6. The Morgan fingerprint density at radius 1 is 0.957 bits per heavy atom. The van der Waals surface area contributed by atoms with Crippen LogP contribution in [-0.2, 0) is 14.3 Å². The molecule has 5 nitrogen and oxygen atoms in total. The lowest BCUT2D eigenvalue weighted by molar-refractivity contribution is -0.153. The number of carboxylic acids is 1. The van der Waals surface area contributed by atoms with E-state index in [9.17, 15) is 14.7 Å². The second-order valence-electron chi connectivity index (χ2n) is 6.79. The number of ether oxygens (including phenoxy) is 1. The smallest absolute Gasteiger partial charge is 0.310 e. The molecule has 0 spiro atoms. The second-order valence-corrected chi connectivity index (χ2v) is 6.79. The molecule has 0 aromatic carbocycles. The molecule has 1 rings (SSSR count). The Morgan fingerprint density at radius 3 is 1.87 bits per heavy atom. The molecular formula is C18H33NO4. The zero-order chi connectivity index (χ0) is 17.0. The van der Waals surface area contributed by atoms with E-state index < -0.39 is 11.4 Å². The molecule has 23 heavy (non-hydrogen) atoms. The molecule has 0 heterocycles. The van der Waals surface area contributed by atoms with Gasteiger partial charge in [0.1, 0.15) is 0 Å². The molecule has 5 heteroatoms. The van der Waals surface area contributed by atoms with Gasteiger partial charge in [0.25, 0.3) is 0 Å². The number of hydrogen-bond donors (Lipinski definition) is 2. The Labute approximate surface area is 140 Å². The minimum Gasteiger partial charge on any atom is -0.481 e. The summed E-state index contributed by atoms with van der Waals surface area (Å²) in [6.45, 7) is 0.886. The monoisotopic (exact) mass is 327 g/mol. The van der Waals surface area contributed by atoms with Crippen molar-refractivity contribution in [2.45, 2.75) is 77.0 Å². The van der Waals surface area contributed by atoms with E-state index in [4.69, 9.17) is 4.74 Å². The molecule has 0 radical (unpaired) electrons. The Bertz CT molecular complexity index is 345. The van der Waals surface area contributed by atoms with Gasteiger partial charge >= 0.3 is 5.97 Å². The zero-order valence-corrected chi connectivity index (χ0v) is 14.6.